The molecule has 0 amide bonds. The fourth-order valence-corrected chi connectivity index (χ4v) is 1.76. The summed E-state index contributed by atoms with van der Waals surface area (Å²) in [5, 5.41) is 14.8. The molecular weight excluding hydrogens is 301 g/mol. The number of sulfonamides is 1. The molecule has 2 rings (SSSR count). The molecular formula is C12H12FN3O4S. The molecule has 0 fully saturated rings. The van der Waals surface area contributed by atoms with Crippen molar-refractivity contribution in [2.75, 3.05) is 5.73 Å². The third kappa shape index (κ3) is 5.55. The molecule has 0 unspecified atom stereocenters. The predicted octanol–water partition coefficient (Wildman–Crippen LogP) is 1.65. The number of nitrogens with two attached hydrogens (primary N) is 2. The number of nitro groups is 1. The van der Waals surface area contributed by atoms with E-state index in [2.05, 4.69) is 0 Å². The number of hydrogen-bond donors (Lipinski definition) is 2. The van der Waals surface area contributed by atoms with E-state index in [0.717, 1.165) is 12.1 Å². The van der Waals surface area contributed by atoms with Gasteiger partial charge in [-0.1, -0.05) is 6.07 Å². The van der Waals surface area contributed by atoms with Gasteiger partial charge in [0.15, 0.2) is 0 Å². The molecule has 0 aliphatic heterocycles. The van der Waals surface area contributed by atoms with Crippen LogP contribution in [0.4, 0.5) is 15.8 Å². The third-order valence-corrected chi connectivity index (χ3v) is 3.16. The van der Waals surface area contributed by atoms with E-state index >= 15 is 0 Å². The molecule has 0 radical (unpaired) electrons. The van der Waals surface area contributed by atoms with Gasteiger partial charge in [0.1, 0.15) is 5.82 Å². The lowest BCUT2D eigenvalue weighted by molar-refractivity contribution is -0.385. The molecule has 0 aromatic heterocycles. The topological polar surface area (TPSA) is 129 Å². The van der Waals surface area contributed by atoms with E-state index in [0.29, 0.717) is 5.69 Å². The van der Waals surface area contributed by atoms with Gasteiger partial charge in [0.25, 0.3) is 5.69 Å². The zero-order chi connectivity index (χ0) is 16.0. The maximum absolute atomic E-state index is 12.2. The van der Waals surface area contributed by atoms with Gasteiger partial charge >= 0.3 is 0 Å². The smallest absolute Gasteiger partial charge is 0.272 e. The Morgan fingerprint density at radius 1 is 1.10 bits per heavy atom. The summed E-state index contributed by atoms with van der Waals surface area (Å²) in [6, 6.07) is 10.3. The second-order valence-corrected chi connectivity index (χ2v) is 5.41. The summed E-state index contributed by atoms with van der Waals surface area (Å²) in [4.78, 5) is 9.43. The number of nitro benzene ring substituents is 1. The van der Waals surface area contributed by atoms with Crippen molar-refractivity contribution in [3.8, 4) is 0 Å². The largest absolute Gasteiger partial charge is 0.399 e. The zero-order valence-electron chi connectivity index (χ0n) is 10.6. The highest BCUT2D eigenvalue weighted by Gasteiger charge is 2.05. The van der Waals surface area contributed by atoms with Crippen LogP contribution < -0.4 is 10.9 Å². The van der Waals surface area contributed by atoms with Crippen LogP contribution in [0.5, 0.6) is 0 Å². The number of benzene rings is 2. The molecule has 2 aromatic carbocycles. The van der Waals surface area contributed by atoms with Crippen LogP contribution in [0.25, 0.3) is 0 Å². The monoisotopic (exact) mass is 313 g/mol. The Hall–Kier alpha value is -2.52. The van der Waals surface area contributed by atoms with Crippen LogP contribution in [0.3, 0.4) is 0 Å². The summed E-state index contributed by atoms with van der Waals surface area (Å²) >= 11 is 0. The fourth-order valence-electron chi connectivity index (χ4n) is 1.25. The lowest BCUT2D eigenvalue weighted by Gasteiger charge is -1.96. The maximum Gasteiger partial charge on any atom is 0.272 e. The Labute approximate surface area is 120 Å². The number of primary sulfonamides is 1. The van der Waals surface area contributed by atoms with E-state index in [1.54, 1.807) is 0 Å². The molecule has 0 saturated heterocycles. The Morgan fingerprint density at radius 3 is 2.05 bits per heavy atom. The van der Waals surface area contributed by atoms with E-state index in [1.807, 2.05) is 0 Å². The van der Waals surface area contributed by atoms with Crippen molar-refractivity contribution in [3.63, 3.8) is 0 Å². The van der Waals surface area contributed by atoms with E-state index in [-0.39, 0.29) is 10.6 Å². The van der Waals surface area contributed by atoms with E-state index in [4.69, 9.17) is 10.9 Å². The van der Waals surface area contributed by atoms with Crippen molar-refractivity contribution in [1.82, 2.24) is 0 Å². The number of non-ortho nitro benzene ring substituents is 1. The van der Waals surface area contributed by atoms with Crippen molar-refractivity contribution in [3.05, 3.63) is 64.5 Å². The van der Waals surface area contributed by atoms with Crippen molar-refractivity contribution in [2.45, 2.75) is 4.90 Å². The van der Waals surface area contributed by atoms with Gasteiger partial charge in [-0.05, 0) is 30.3 Å². The number of rotatable bonds is 2. The molecule has 7 nitrogen and oxygen atoms in total. The van der Waals surface area contributed by atoms with Gasteiger partial charge < -0.3 is 5.73 Å². The molecule has 0 bridgehead atoms. The lowest BCUT2D eigenvalue weighted by Crippen LogP contribution is -2.11. The first kappa shape index (κ1) is 16.5. The number of anilines is 1. The molecule has 112 valence electrons. The van der Waals surface area contributed by atoms with E-state index in [1.165, 1.54) is 36.4 Å². The van der Waals surface area contributed by atoms with Crippen molar-refractivity contribution < 1.29 is 17.7 Å². The lowest BCUT2D eigenvalue weighted by atomic mass is 10.3. The quantitative estimate of drug-likeness (QED) is 0.494. The fraction of sp³-hybridized carbons (Fsp3) is 0. The summed E-state index contributed by atoms with van der Waals surface area (Å²) < 4.78 is 33.6. The molecule has 0 spiro atoms. The normalized spacial score (nSPS) is 10.4. The average Bonchev–Trinajstić information content (AvgIpc) is 2.39. The Morgan fingerprint density at radius 2 is 1.67 bits per heavy atom. The van der Waals surface area contributed by atoms with E-state index in [9.17, 15) is 22.9 Å². The number of halogens is 1. The minimum atomic E-state index is -3.58. The van der Waals surface area contributed by atoms with Gasteiger partial charge in [0.05, 0.1) is 15.9 Å². The van der Waals surface area contributed by atoms with Crippen LogP contribution in [0.15, 0.2) is 53.4 Å². The average molecular weight is 313 g/mol. The van der Waals surface area contributed by atoms with Crippen molar-refractivity contribution in [1.29, 1.82) is 0 Å². The summed E-state index contributed by atoms with van der Waals surface area (Å²) in [7, 11) is -3.58. The summed E-state index contributed by atoms with van der Waals surface area (Å²) in [5.74, 6) is -0.589. The second kappa shape index (κ2) is 6.77. The Bertz CT molecular complexity index is 732. The predicted molar refractivity (Wildman–Crippen MR) is 75.3 cm³/mol. The van der Waals surface area contributed by atoms with Gasteiger partial charge in [0.2, 0.25) is 10.0 Å². The van der Waals surface area contributed by atoms with E-state index < -0.39 is 20.8 Å². The molecule has 0 saturated carbocycles. The second-order valence-electron chi connectivity index (χ2n) is 3.85. The van der Waals surface area contributed by atoms with Crippen LogP contribution >= 0.6 is 0 Å². The standard InChI is InChI=1S/C6H4FNO2.C6H8N2O2S/c7-5-2-1-3-6(4-5)8(9)10;7-5-1-3-6(4-2-5)11(8,9)10/h1-4H;1-4H,7H2,(H2,8,9,10). The van der Waals surface area contributed by atoms with Crippen LogP contribution in [-0.4, -0.2) is 13.3 Å². The van der Waals surface area contributed by atoms with Gasteiger partial charge in [-0.3, -0.25) is 10.1 Å². The molecule has 0 heterocycles. The van der Waals surface area contributed by atoms with Crippen LogP contribution in [0, 0.1) is 15.9 Å². The van der Waals surface area contributed by atoms with Crippen molar-refractivity contribution >= 4 is 21.4 Å². The molecule has 0 aliphatic carbocycles. The van der Waals surface area contributed by atoms with Gasteiger partial charge in [-0.2, -0.15) is 0 Å². The maximum atomic E-state index is 12.2. The van der Waals surface area contributed by atoms with Gasteiger partial charge in [-0.25, -0.2) is 17.9 Å². The highest BCUT2D eigenvalue weighted by molar-refractivity contribution is 7.89. The first-order valence-corrected chi connectivity index (χ1v) is 7.03. The Balaban J connectivity index is 0.000000211. The van der Waals surface area contributed by atoms with Crippen LogP contribution in [-0.2, 0) is 10.0 Å². The number of hydrogen-bond acceptors (Lipinski definition) is 5. The Kier molecular flexibility index (Phi) is 5.33. The summed E-state index contributed by atoms with van der Waals surface area (Å²) in [6.45, 7) is 0. The van der Waals surface area contributed by atoms with Gasteiger partial charge in [0, 0.05) is 11.8 Å². The minimum Gasteiger partial charge on any atom is -0.399 e. The summed E-state index contributed by atoms with van der Waals surface area (Å²) in [6.07, 6.45) is 0. The molecule has 2 aromatic rings. The highest BCUT2D eigenvalue weighted by Crippen LogP contribution is 2.11. The zero-order valence-corrected chi connectivity index (χ0v) is 11.5. The molecule has 0 aliphatic rings. The van der Waals surface area contributed by atoms with Crippen LogP contribution in [0.1, 0.15) is 0 Å². The third-order valence-electron chi connectivity index (χ3n) is 2.23. The molecule has 0 atom stereocenters. The number of nitrogen functional groups attached to an aromatic ring is 1. The number of nitrogens with zero attached hydrogens (tertiary/aromatic N) is 1. The first-order chi connectivity index (χ1) is 9.70. The van der Waals surface area contributed by atoms with Crippen LogP contribution in [0.2, 0.25) is 0 Å². The summed E-state index contributed by atoms with van der Waals surface area (Å²) in [5.41, 5.74) is 5.62. The molecule has 4 N–H and O–H groups in total. The van der Waals surface area contributed by atoms with Crippen molar-refractivity contribution in [2.24, 2.45) is 5.14 Å². The SMILES string of the molecule is Nc1ccc(S(N)(=O)=O)cc1.O=[N+]([O-])c1cccc(F)c1. The minimum absolute atomic E-state index is 0.0756. The molecule has 9 heteroatoms. The van der Waals surface area contributed by atoms with Gasteiger partial charge in [-0.15, -0.1) is 0 Å². The first-order valence-electron chi connectivity index (χ1n) is 5.48. The molecule has 21 heavy (non-hydrogen) atoms. The highest BCUT2D eigenvalue weighted by atomic mass is 32.2.